The molecule has 0 saturated heterocycles. The van der Waals surface area contributed by atoms with Gasteiger partial charge >= 0.3 is 0 Å². The Labute approximate surface area is 173 Å². The summed E-state index contributed by atoms with van der Waals surface area (Å²) in [6.45, 7) is 0.454. The Balaban J connectivity index is 1.68. The quantitative estimate of drug-likeness (QED) is 0.399. The topological polar surface area (TPSA) is 42.4 Å². The number of anilines is 1. The fraction of sp³-hybridized carbons (Fsp3) is 0.0833. The van der Waals surface area contributed by atoms with E-state index >= 15 is 0 Å². The van der Waals surface area contributed by atoms with E-state index < -0.39 is 0 Å². The molecule has 0 aliphatic carbocycles. The highest BCUT2D eigenvalue weighted by atomic mass is 32.1. The molecule has 0 spiro atoms. The molecule has 5 heteroatoms. The van der Waals surface area contributed by atoms with Crippen LogP contribution in [0.3, 0.4) is 0 Å². The van der Waals surface area contributed by atoms with Gasteiger partial charge in [0.05, 0.1) is 23.9 Å². The van der Waals surface area contributed by atoms with Gasteiger partial charge < -0.3 is 4.74 Å². The van der Waals surface area contributed by atoms with Gasteiger partial charge in [0.25, 0.3) is 5.91 Å². The molecule has 0 aliphatic rings. The van der Waals surface area contributed by atoms with Gasteiger partial charge in [0.1, 0.15) is 5.75 Å². The number of fused-ring (bicyclic) bond motifs is 1. The summed E-state index contributed by atoms with van der Waals surface area (Å²) in [6.07, 6.45) is 3.43. The van der Waals surface area contributed by atoms with Gasteiger partial charge in [-0.25, -0.2) is 4.98 Å². The van der Waals surface area contributed by atoms with Gasteiger partial charge in [-0.2, -0.15) is 0 Å². The minimum absolute atomic E-state index is 0.108. The minimum atomic E-state index is -0.108. The lowest BCUT2D eigenvalue weighted by atomic mass is 10.2. The number of amides is 1. The third-order valence-electron chi connectivity index (χ3n) is 4.48. The normalized spacial score (nSPS) is 11.1. The number of thiazole rings is 1. The Morgan fingerprint density at radius 1 is 1.03 bits per heavy atom. The summed E-state index contributed by atoms with van der Waals surface area (Å²) < 4.78 is 6.31. The maximum atomic E-state index is 13.1. The van der Waals surface area contributed by atoms with Gasteiger partial charge in [-0.05, 0) is 29.3 Å². The van der Waals surface area contributed by atoms with Gasteiger partial charge in [0.2, 0.25) is 0 Å². The minimum Gasteiger partial charge on any atom is -0.497 e. The van der Waals surface area contributed by atoms with E-state index in [-0.39, 0.29) is 5.91 Å². The van der Waals surface area contributed by atoms with Crippen molar-refractivity contribution in [2.75, 3.05) is 12.0 Å². The van der Waals surface area contributed by atoms with E-state index in [0.717, 1.165) is 27.1 Å². The third kappa shape index (κ3) is 4.52. The fourth-order valence-corrected chi connectivity index (χ4v) is 3.92. The molecule has 4 rings (SSSR count). The molecule has 0 bridgehead atoms. The maximum Gasteiger partial charge on any atom is 0.253 e. The first-order valence-electron chi connectivity index (χ1n) is 9.26. The predicted octanol–water partition coefficient (Wildman–Crippen LogP) is 5.55. The van der Waals surface area contributed by atoms with Gasteiger partial charge in [-0.3, -0.25) is 9.69 Å². The highest BCUT2D eigenvalue weighted by molar-refractivity contribution is 7.22. The van der Waals surface area contributed by atoms with Crippen molar-refractivity contribution < 1.29 is 9.53 Å². The molecule has 3 aromatic carbocycles. The van der Waals surface area contributed by atoms with Gasteiger partial charge in [-0.15, -0.1) is 0 Å². The summed E-state index contributed by atoms with van der Waals surface area (Å²) in [7, 11) is 1.63. The number of carbonyl (C=O) groups is 1. The third-order valence-corrected chi connectivity index (χ3v) is 5.54. The second-order valence-corrected chi connectivity index (χ2v) is 7.49. The molecule has 4 aromatic rings. The molecular weight excluding hydrogens is 380 g/mol. The zero-order valence-electron chi connectivity index (χ0n) is 16.0. The molecule has 0 unspecified atom stereocenters. The predicted molar refractivity (Wildman–Crippen MR) is 119 cm³/mol. The number of carbonyl (C=O) groups excluding carboxylic acids is 1. The van der Waals surface area contributed by atoms with Crippen LogP contribution < -0.4 is 9.64 Å². The second-order valence-electron chi connectivity index (χ2n) is 6.48. The summed E-state index contributed by atoms with van der Waals surface area (Å²) in [6, 6.07) is 25.5. The Hall–Kier alpha value is -3.44. The first-order valence-corrected chi connectivity index (χ1v) is 10.1. The smallest absolute Gasteiger partial charge is 0.253 e. The number of rotatable bonds is 6. The van der Waals surface area contributed by atoms with Gasteiger partial charge in [0, 0.05) is 12.1 Å². The number of hydrogen-bond acceptors (Lipinski definition) is 4. The van der Waals surface area contributed by atoms with Crippen LogP contribution >= 0.6 is 11.3 Å². The van der Waals surface area contributed by atoms with Crippen LogP contribution in [0.4, 0.5) is 5.13 Å². The van der Waals surface area contributed by atoms with E-state index in [1.54, 1.807) is 18.1 Å². The fourth-order valence-electron chi connectivity index (χ4n) is 2.96. The van der Waals surface area contributed by atoms with Crippen molar-refractivity contribution in [2.45, 2.75) is 6.54 Å². The summed E-state index contributed by atoms with van der Waals surface area (Å²) in [5.74, 6) is 0.642. The lowest BCUT2D eigenvalue weighted by molar-refractivity contribution is -0.114. The van der Waals surface area contributed by atoms with E-state index in [2.05, 4.69) is 0 Å². The summed E-state index contributed by atoms with van der Waals surface area (Å²) in [5, 5.41) is 0.666. The van der Waals surface area contributed by atoms with Crippen molar-refractivity contribution in [3.05, 3.63) is 96.1 Å². The van der Waals surface area contributed by atoms with E-state index in [4.69, 9.17) is 9.72 Å². The van der Waals surface area contributed by atoms with Crippen LogP contribution in [0.2, 0.25) is 0 Å². The Bertz CT molecular complexity index is 1140. The van der Waals surface area contributed by atoms with Gasteiger partial charge in [0.15, 0.2) is 5.13 Å². The number of nitrogens with zero attached hydrogens (tertiary/aromatic N) is 2. The first kappa shape index (κ1) is 18.9. The summed E-state index contributed by atoms with van der Waals surface area (Å²) >= 11 is 1.50. The number of aromatic nitrogens is 1. The zero-order chi connectivity index (χ0) is 20.1. The number of ether oxygens (including phenoxy) is 1. The largest absolute Gasteiger partial charge is 0.497 e. The van der Waals surface area contributed by atoms with Gasteiger partial charge in [-0.1, -0.05) is 72.0 Å². The Kier molecular flexibility index (Phi) is 5.68. The molecule has 29 heavy (non-hydrogen) atoms. The second kappa shape index (κ2) is 8.71. The highest BCUT2D eigenvalue weighted by Gasteiger charge is 2.18. The molecule has 0 fully saturated rings. The highest BCUT2D eigenvalue weighted by Crippen LogP contribution is 2.32. The van der Waals surface area contributed by atoms with Crippen molar-refractivity contribution in [1.29, 1.82) is 0 Å². The van der Waals surface area contributed by atoms with Crippen LogP contribution in [-0.2, 0) is 11.3 Å². The molecule has 0 saturated carbocycles. The van der Waals surface area contributed by atoms with Crippen LogP contribution in [0, 0.1) is 0 Å². The first-order chi connectivity index (χ1) is 14.2. The van der Waals surface area contributed by atoms with E-state index in [1.807, 2.05) is 84.9 Å². The molecule has 0 aliphatic heterocycles. The summed E-state index contributed by atoms with van der Waals surface area (Å²) in [4.78, 5) is 19.5. The van der Waals surface area contributed by atoms with Crippen LogP contribution in [0.5, 0.6) is 5.75 Å². The molecule has 0 N–H and O–H groups in total. The average molecular weight is 401 g/mol. The van der Waals surface area contributed by atoms with Crippen LogP contribution in [0.25, 0.3) is 16.3 Å². The molecule has 0 radical (unpaired) electrons. The number of benzene rings is 3. The lowest BCUT2D eigenvalue weighted by Gasteiger charge is -2.18. The molecule has 0 atom stereocenters. The van der Waals surface area contributed by atoms with E-state index in [1.165, 1.54) is 11.3 Å². The van der Waals surface area contributed by atoms with Crippen LogP contribution in [-0.4, -0.2) is 18.0 Å². The van der Waals surface area contributed by atoms with Crippen LogP contribution in [0.15, 0.2) is 84.9 Å². The molecule has 4 nitrogen and oxygen atoms in total. The number of hydrogen-bond donors (Lipinski definition) is 0. The average Bonchev–Trinajstić information content (AvgIpc) is 3.20. The molecule has 1 heterocycles. The lowest BCUT2D eigenvalue weighted by Crippen LogP contribution is -2.28. The standard InChI is InChI=1S/C24H20N2O2S/c1-28-20-13-14-22-21(16-20)25-24(29-22)26(17-19-10-6-3-7-11-19)23(27)15-12-18-8-4-2-5-9-18/h2-16H,17H2,1H3/b15-12+. The maximum absolute atomic E-state index is 13.1. The number of methoxy groups -OCH3 is 1. The Morgan fingerprint density at radius 2 is 1.76 bits per heavy atom. The SMILES string of the molecule is COc1ccc2sc(N(Cc3ccccc3)C(=O)/C=C/c3ccccc3)nc2c1. The molecule has 1 amide bonds. The molecular formula is C24H20N2O2S. The van der Waals surface area contributed by atoms with Crippen molar-refractivity contribution in [1.82, 2.24) is 4.98 Å². The molecule has 1 aromatic heterocycles. The monoisotopic (exact) mass is 400 g/mol. The van der Waals surface area contributed by atoms with E-state index in [9.17, 15) is 4.79 Å². The summed E-state index contributed by atoms with van der Waals surface area (Å²) in [5.41, 5.74) is 2.85. The van der Waals surface area contributed by atoms with Crippen molar-refractivity contribution in [3.63, 3.8) is 0 Å². The van der Waals surface area contributed by atoms with Crippen molar-refractivity contribution in [2.24, 2.45) is 0 Å². The van der Waals surface area contributed by atoms with E-state index in [0.29, 0.717) is 11.7 Å². The Morgan fingerprint density at radius 3 is 2.48 bits per heavy atom. The van der Waals surface area contributed by atoms with Crippen molar-refractivity contribution >= 4 is 38.7 Å². The van der Waals surface area contributed by atoms with Crippen LogP contribution in [0.1, 0.15) is 11.1 Å². The zero-order valence-corrected chi connectivity index (χ0v) is 16.8. The van der Waals surface area contributed by atoms with Crippen molar-refractivity contribution in [3.8, 4) is 5.75 Å². The molecule has 144 valence electrons.